The Bertz CT molecular complexity index is 1670. The molecule has 0 aliphatic heterocycles. The lowest BCUT2D eigenvalue weighted by atomic mass is 10.0. The smallest absolute Gasteiger partial charge is 0.264 e. The lowest BCUT2D eigenvalue weighted by Crippen LogP contribution is -2.53. The molecule has 4 aromatic rings. The number of benzene rings is 4. The largest absolute Gasteiger partial charge is 0.354 e. The molecule has 230 valence electrons. The molecule has 0 aliphatic carbocycles. The van der Waals surface area contributed by atoms with Gasteiger partial charge in [-0.15, -0.1) is 0 Å². The van der Waals surface area contributed by atoms with Gasteiger partial charge in [0.1, 0.15) is 12.6 Å². The number of halogens is 2. The predicted molar refractivity (Wildman–Crippen MR) is 179 cm³/mol. The maximum atomic E-state index is 14.4. The van der Waals surface area contributed by atoms with Crippen LogP contribution in [0.15, 0.2) is 112 Å². The average Bonchev–Trinajstić information content (AvgIpc) is 3.02. The summed E-state index contributed by atoms with van der Waals surface area (Å²) in [5.41, 5.74) is 2.72. The van der Waals surface area contributed by atoms with E-state index in [0.717, 1.165) is 19.9 Å². The van der Waals surface area contributed by atoms with E-state index in [1.54, 1.807) is 54.6 Å². The first kappa shape index (κ1) is 33.2. The van der Waals surface area contributed by atoms with Crippen molar-refractivity contribution >= 4 is 55.1 Å². The Kier molecular flexibility index (Phi) is 11.6. The summed E-state index contributed by atoms with van der Waals surface area (Å²) in [4.78, 5) is 29.6. The fraction of sp³-hybridized carbons (Fsp3) is 0.235. The molecule has 0 aromatic heterocycles. The van der Waals surface area contributed by atoms with Gasteiger partial charge in [-0.3, -0.25) is 13.9 Å². The topological polar surface area (TPSA) is 86.8 Å². The third-order valence-electron chi connectivity index (χ3n) is 7.12. The Labute approximate surface area is 273 Å². The quantitative estimate of drug-likeness (QED) is 0.167. The SMILES string of the molecule is CCCNC(=O)[C@H](Cc1ccccc1)N(Cc1ccccc1Cl)C(=O)CN(c1ccc(Br)cc1)S(=O)(=O)c1ccc(C)cc1. The number of aryl methyl sites for hydroxylation is 1. The van der Waals surface area contributed by atoms with E-state index in [1.807, 2.05) is 50.2 Å². The van der Waals surface area contributed by atoms with E-state index in [1.165, 1.54) is 17.0 Å². The highest BCUT2D eigenvalue weighted by Gasteiger charge is 2.34. The van der Waals surface area contributed by atoms with Crippen LogP contribution in [0.3, 0.4) is 0 Å². The number of carbonyl (C=O) groups excluding carboxylic acids is 2. The molecule has 2 amide bonds. The third kappa shape index (κ3) is 8.49. The van der Waals surface area contributed by atoms with Crippen LogP contribution in [0, 0.1) is 6.92 Å². The van der Waals surface area contributed by atoms with E-state index >= 15 is 0 Å². The molecule has 10 heteroatoms. The number of anilines is 1. The number of hydrogen-bond donors (Lipinski definition) is 1. The molecule has 0 bridgehead atoms. The van der Waals surface area contributed by atoms with Crippen LogP contribution in [-0.2, 0) is 32.6 Å². The number of hydrogen-bond acceptors (Lipinski definition) is 4. The predicted octanol–water partition coefficient (Wildman–Crippen LogP) is 6.77. The van der Waals surface area contributed by atoms with Crippen LogP contribution in [0.5, 0.6) is 0 Å². The second kappa shape index (κ2) is 15.4. The maximum absolute atomic E-state index is 14.4. The first-order valence-electron chi connectivity index (χ1n) is 14.3. The molecule has 0 heterocycles. The van der Waals surface area contributed by atoms with Crippen LogP contribution in [0.2, 0.25) is 5.02 Å². The molecule has 4 aromatic carbocycles. The molecular formula is C34H35BrClN3O4S. The Morgan fingerprint density at radius 2 is 1.52 bits per heavy atom. The van der Waals surface area contributed by atoms with Crippen molar-refractivity contribution in [2.45, 2.75) is 44.2 Å². The van der Waals surface area contributed by atoms with Crippen molar-refractivity contribution in [2.24, 2.45) is 0 Å². The van der Waals surface area contributed by atoms with Gasteiger partial charge in [-0.1, -0.05) is 101 Å². The van der Waals surface area contributed by atoms with E-state index in [9.17, 15) is 18.0 Å². The van der Waals surface area contributed by atoms with Gasteiger partial charge in [0, 0.05) is 29.0 Å². The minimum Gasteiger partial charge on any atom is -0.354 e. The highest BCUT2D eigenvalue weighted by Crippen LogP contribution is 2.27. The van der Waals surface area contributed by atoms with Crippen molar-refractivity contribution < 1.29 is 18.0 Å². The fourth-order valence-electron chi connectivity index (χ4n) is 4.70. The van der Waals surface area contributed by atoms with Gasteiger partial charge in [-0.25, -0.2) is 8.42 Å². The van der Waals surface area contributed by atoms with Gasteiger partial charge >= 0.3 is 0 Å². The summed E-state index contributed by atoms with van der Waals surface area (Å²) in [6.45, 7) is 3.73. The average molecular weight is 697 g/mol. The lowest BCUT2D eigenvalue weighted by Gasteiger charge is -2.34. The number of amides is 2. The molecule has 1 N–H and O–H groups in total. The molecule has 7 nitrogen and oxygen atoms in total. The van der Waals surface area contributed by atoms with Crippen LogP contribution in [0.4, 0.5) is 5.69 Å². The van der Waals surface area contributed by atoms with Crippen LogP contribution in [-0.4, -0.2) is 44.3 Å². The Balaban J connectivity index is 1.80. The molecule has 0 saturated heterocycles. The number of sulfonamides is 1. The van der Waals surface area contributed by atoms with Crippen molar-refractivity contribution in [3.05, 3.63) is 129 Å². The summed E-state index contributed by atoms with van der Waals surface area (Å²) in [5.74, 6) is -0.871. The van der Waals surface area contributed by atoms with Gasteiger partial charge in [0.15, 0.2) is 0 Å². The highest BCUT2D eigenvalue weighted by molar-refractivity contribution is 9.10. The summed E-state index contributed by atoms with van der Waals surface area (Å²) in [6, 6.07) is 28.8. The summed E-state index contributed by atoms with van der Waals surface area (Å²) in [6.07, 6.45) is 0.948. The number of nitrogens with zero attached hydrogens (tertiary/aromatic N) is 2. The number of rotatable bonds is 13. The van der Waals surface area contributed by atoms with E-state index in [2.05, 4.69) is 21.2 Å². The Hall–Kier alpha value is -3.66. The third-order valence-corrected chi connectivity index (χ3v) is 9.81. The standard InChI is InChI=1S/C34H35BrClN3O4S/c1-3-21-37-34(41)32(22-26-9-5-4-6-10-26)38(23-27-11-7-8-12-31(27)36)33(40)24-39(29-17-15-28(35)16-18-29)44(42,43)30-19-13-25(2)14-20-30/h4-20,32H,3,21-24H2,1-2H3,(H,37,41)/t32-/m0/s1. The number of carbonyl (C=O) groups is 2. The molecule has 0 radical (unpaired) electrons. The summed E-state index contributed by atoms with van der Waals surface area (Å²) >= 11 is 9.94. The first-order valence-corrected chi connectivity index (χ1v) is 16.9. The van der Waals surface area contributed by atoms with Crippen molar-refractivity contribution in [3.63, 3.8) is 0 Å². The van der Waals surface area contributed by atoms with Crippen LogP contribution >= 0.6 is 27.5 Å². The molecule has 0 spiro atoms. The fourth-order valence-corrected chi connectivity index (χ4v) is 6.58. The molecule has 44 heavy (non-hydrogen) atoms. The minimum absolute atomic E-state index is 0.00824. The zero-order valence-corrected chi connectivity index (χ0v) is 27.8. The van der Waals surface area contributed by atoms with E-state index in [-0.39, 0.29) is 23.8 Å². The maximum Gasteiger partial charge on any atom is 0.264 e. The zero-order chi connectivity index (χ0) is 31.7. The van der Waals surface area contributed by atoms with Gasteiger partial charge in [0.05, 0.1) is 10.6 Å². The summed E-state index contributed by atoms with van der Waals surface area (Å²) < 4.78 is 30.0. The van der Waals surface area contributed by atoms with Gasteiger partial charge in [0.25, 0.3) is 10.0 Å². The van der Waals surface area contributed by atoms with E-state index < -0.39 is 28.5 Å². The first-order chi connectivity index (χ1) is 21.1. The molecule has 0 aliphatic rings. The van der Waals surface area contributed by atoms with Gasteiger partial charge in [-0.2, -0.15) is 0 Å². The van der Waals surface area contributed by atoms with Crippen molar-refractivity contribution in [1.82, 2.24) is 10.2 Å². The van der Waals surface area contributed by atoms with Gasteiger partial charge in [-0.05, 0) is 66.9 Å². The van der Waals surface area contributed by atoms with Crippen LogP contribution < -0.4 is 9.62 Å². The molecule has 0 unspecified atom stereocenters. The van der Waals surface area contributed by atoms with E-state index in [4.69, 9.17) is 11.6 Å². The summed E-state index contributed by atoms with van der Waals surface area (Å²) in [7, 11) is -4.17. The number of nitrogens with one attached hydrogen (secondary N) is 1. The molecular weight excluding hydrogens is 662 g/mol. The molecule has 1 atom stereocenters. The van der Waals surface area contributed by atoms with Gasteiger partial charge < -0.3 is 10.2 Å². The van der Waals surface area contributed by atoms with Crippen molar-refractivity contribution in [2.75, 3.05) is 17.4 Å². The lowest BCUT2D eigenvalue weighted by molar-refractivity contribution is -0.140. The monoisotopic (exact) mass is 695 g/mol. The zero-order valence-electron chi connectivity index (χ0n) is 24.6. The molecule has 0 saturated carbocycles. The van der Waals surface area contributed by atoms with E-state index in [0.29, 0.717) is 29.2 Å². The molecule has 0 fully saturated rings. The Morgan fingerprint density at radius 3 is 2.16 bits per heavy atom. The highest BCUT2D eigenvalue weighted by atomic mass is 79.9. The van der Waals surface area contributed by atoms with Crippen LogP contribution in [0.25, 0.3) is 0 Å². The van der Waals surface area contributed by atoms with Gasteiger partial charge in [0.2, 0.25) is 11.8 Å². The normalized spacial score (nSPS) is 11.9. The second-order valence-electron chi connectivity index (χ2n) is 10.4. The Morgan fingerprint density at radius 1 is 0.886 bits per heavy atom. The van der Waals surface area contributed by atoms with Crippen molar-refractivity contribution in [1.29, 1.82) is 0 Å². The summed E-state index contributed by atoms with van der Waals surface area (Å²) in [5, 5.41) is 3.38. The minimum atomic E-state index is -4.17. The molecule has 4 rings (SSSR count). The second-order valence-corrected chi connectivity index (χ2v) is 13.6. The van der Waals surface area contributed by atoms with Crippen molar-refractivity contribution in [3.8, 4) is 0 Å². The van der Waals surface area contributed by atoms with Crippen LogP contribution in [0.1, 0.15) is 30.0 Å².